The van der Waals surface area contributed by atoms with E-state index in [4.69, 9.17) is 4.74 Å². The molecule has 3 nitrogen and oxygen atoms in total. The Morgan fingerprint density at radius 2 is 2.05 bits per heavy atom. The monoisotopic (exact) mass is 264 g/mol. The van der Waals surface area contributed by atoms with Gasteiger partial charge in [0, 0.05) is 32.2 Å². The van der Waals surface area contributed by atoms with Crippen LogP contribution in [-0.4, -0.2) is 61.4 Å². The summed E-state index contributed by atoms with van der Waals surface area (Å²) in [6, 6.07) is 10.8. The van der Waals surface area contributed by atoms with Crippen LogP contribution in [0.2, 0.25) is 0 Å². The number of nitrogens with zero attached hydrogens (tertiary/aromatic N) is 2. The molecule has 0 bridgehead atoms. The number of fused-ring (bicyclic) bond motifs is 1. The van der Waals surface area contributed by atoms with Gasteiger partial charge in [-0.1, -0.05) is 30.3 Å². The van der Waals surface area contributed by atoms with Crippen LogP contribution in [0.1, 0.15) is 5.56 Å². The second kappa shape index (κ2) is 5.99. The van der Waals surface area contributed by atoms with Crippen LogP contribution in [0.4, 0.5) is 4.39 Å². The van der Waals surface area contributed by atoms with Crippen LogP contribution >= 0.6 is 0 Å². The van der Waals surface area contributed by atoms with Gasteiger partial charge >= 0.3 is 0 Å². The maximum absolute atomic E-state index is 13.3. The number of benzene rings is 1. The minimum absolute atomic E-state index is 0.0227. The lowest BCUT2D eigenvalue weighted by Crippen LogP contribution is -2.62. The molecular weight excluding hydrogens is 243 g/mol. The van der Waals surface area contributed by atoms with Crippen LogP contribution in [0.3, 0.4) is 0 Å². The van der Waals surface area contributed by atoms with Gasteiger partial charge in [-0.25, -0.2) is 4.39 Å². The highest BCUT2D eigenvalue weighted by molar-refractivity contribution is 5.15. The average molecular weight is 264 g/mol. The molecule has 0 unspecified atom stereocenters. The van der Waals surface area contributed by atoms with Crippen LogP contribution in [0.5, 0.6) is 0 Å². The van der Waals surface area contributed by atoms with Crippen LogP contribution in [0, 0.1) is 0 Å². The lowest BCUT2D eigenvalue weighted by atomic mass is 10.0. The summed E-state index contributed by atoms with van der Waals surface area (Å²) in [5.41, 5.74) is 1.26. The third-order valence-corrected chi connectivity index (χ3v) is 4.16. The summed E-state index contributed by atoms with van der Waals surface area (Å²) in [7, 11) is 0. The van der Waals surface area contributed by atoms with E-state index < -0.39 is 0 Å². The molecule has 3 rings (SSSR count). The minimum Gasteiger partial charge on any atom is -0.378 e. The van der Waals surface area contributed by atoms with E-state index in [0.29, 0.717) is 6.04 Å². The minimum atomic E-state index is -0.267. The molecule has 4 heteroatoms. The van der Waals surface area contributed by atoms with Gasteiger partial charge in [0.25, 0.3) is 0 Å². The maximum atomic E-state index is 13.3. The van der Waals surface area contributed by atoms with E-state index in [1.165, 1.54) is 5.56 Å². The Kier molecular flexibility index (Phi) is 4.11. The van der Waals surface area contributed by atoms with Crippen LogP contribution in [-0.2, 0) is 11.3 Å². The summed E-state index contributed by atoms with van der Waals surface area (Å²) in [5.74, 6) is 0. The normalized spacial score (nSPS) is 29.1. The summed E-state index contributed by atoms with van der Waals surface area (Å²) in [5, 5.41) is 0. The van der Waals surface area contributed by atoms with Crippen molar-refractivity contribution in [2.24, 2.45) is 0 Å². The van der Waals surface area contributed by atoms with Crippen molar-refractivity contribution in [2.75, 3.05) is 39.5 Å². The Morgan fingerprint density at radius 1 is 1.21 bits per heavy atom. The average Bonchev–Trinajstić information content (AvgIpc) is 2.47. The van der Waals surface area contributed by atoms with Crippen LogP contribution < -0.4 is 0 Å². The van der Waals surface area contributed by atoms with Crippen molar-refractivity contribution in [3.8, 4) is 0 Å². The Bertz CT molecular complexity index is 400. The smallest absolute Gasteiger partial charge is 0.106 e. The highest BCUT2D eigenvalue weighted by atomic mass is 19.1. The quantitative estimate of drug-likeness (QED) is 0.823. The molecule has 1 aromatic rings. The zero-order valence-corrected chi connectivity index (χ0v) is 11.2. The van der Waals surface area contributed by atoms with Crippen LogP contribution in [0.25, 0.3) is 0 Å². The van der Waals surface area contributed by atoms with Crippen molar-refractivity contribution in [3.05, 3.63) is 35.9 Å². The molecule has 0 radical (unpaired) electrons. The van der Waals surface area contributed by atoms with Gasteiger partial charge in [0.05, 0.1) is 19.3 Å². The first-order valence-electron chi connectivity index (χ1n) is 7.02. The van der Waals surface area contributed by atoms with E-state index in [0.717, 1.165) is 39.4 Å². The molecule has 104 valence electrons. The van der Waals surface area contributed by atoms with Gasteiger partial charge in [0.2, 0.25) is 0 Å². The fourth-order valence-electron chi connectivity index (χ4n) is 3.06. The van der Waals surface area contributed by atoms with Gasteiger partial charge in [-0.05, 0) is 5.56 Å². The van der Waals surface area contributed by atoms with Crippen molar-refractivity contribution in [3.63, 3.8) is 0 Å². The second-order valence-corrected chi connectivity index (χ2v) is 5.45. The summed E-state index contributed by atoms with van der Waals surface area (Å²) in [6.45, 7) is 4.82. The van der Waals surface area contributed by atoms with Gasteiger partial charge in [0.15, 0.2) is 0 Å². The van der Waals surface area contributed by atoms with E-state index in [9.17, 15) is 4.39 Å². The van der Waals surface area contributed by atoms with Gasteiger partial charge in [-0.15, -0.1) is 0 Å². The number of hydrogen-bond acceptors (Lipinski definition) is 3. The first-order chi connectivity index (χ1) is 9.36. The van der Waals surface area contributed by atoms with Gasteiger partial charge in [-0.2, -0.15) is 0 Å². The third-order valence-electron chi connectivity index (χ3n) is 4.16. The van der Waals surface area contributed by atoms with Crippen molar-refractivity contribution in [1.82, 2.24) is 9.80 Å². The molecule has 2 fully saturated rings. The van der Waals surface area contributed by atoms with Gasteiger partial charge in [-0.3, -0.25) is 9.80 Å². The topological polar surface area (TPSA) is 15.7 Å². The van der Waals surface area contributed by atoms with Gasteiger partial charge < -0.3 is 4.74 Å². The number of ether oxygens (including phenoxy) is 1. The molecule has 0 saturated carbocycles. The summed E-state index contributed by atoms with van der Waals surface area (Å²) < 4.78 is 18.8. The van der Waals surface area contributed by atoms with E-state index in [1.807, 2.05) is 18.2 Å². The van der Waals surface area contributed by atoms with Crippen molar-refractivity contribution in [1.29, 1.82) is 0 Å². The van der Waals surface area contributed by atoms with Crippen molar-refractivity contribution in [2.45, 2.75) is 18.6 Å². The van der Waals surface area contributed by atoms with E-state index in [2.05, 4.69) is 21.9 Å². The van der Waals surface area contributed by atoms with Crippen LogP contribution in [0.15, 0.2) is 30.3 Å². The third kappa shape index (κ3) is 2.96. The summed E-state index contributed by atoms with van der Waals surface area (Å²) in [4.78, 5) is 4.65. The molecule has 0 N–H and O–H groups in total. The maximum Gasteiger partial charge on any atom is 0.106 e. The predicted octanol–water partition coefficient (Wildman–Crippen LogP) is 1.54. The number of rotatable bonds is 3. The SMILES string of the molecule is FC[C@@H]1CN2CCOC[C@@H]2CN1Cc1ccccc1. The molecule has 19 heavy (non-hydrogen) atoms. The predicted molar refractivity (Wildman–Crippen MR) is 72.8 cm³/mol. The standard InChI is InChI=1S/C15H21FN2O/c16-8-14-10-17-6-7-19-12-15(17)11-18(14)9-13-4-2-1-3-5-13/h1-5,14-15H,6-12H2/t14-,15+/m1/s1. The summed E-state index contributed by atoms with van der Waals surface area (Å²) in [6.07, 6.45) is 0. The number of morpholine rings is 1. The van der Waals surface area contributed by atoms with Gasteiger partial charge in [0.1, 0.15) is 6.67 Å². The highest BCUT2D eigenvalue weighted by Crippen LogP contribution is 2.20. The molecule has 2 atom stereocenters. The number of alkyl halides is 1. The number of hydrogen-bond donors (Lipinski definition) is 0. The Hall–Kier alpha value is -0.970. The van der Waals surface area contributed by atoms with Crippen molar-refractivity contribution >= 4 is 0 Å². The lowest BCUT2D eigenvalue weighted by Gasteiger charge is -2.47. The molecule has 0 aliphatic carbocycles. The molecular formula is C15H21FN2O. The van der Waals surface area contributed by atoms with Crippen molar-refractivity contribution < 1.29 is 9.13 Å². The fourth-order valence-corrected chi connectivity index (χ4v) is 3.06. The Morgan fingerprint density at radius 3 is 2.84 bits per heavy atom. The molecule has 2 heterocycles. The zero-order valence-electron chi connectivity index (χ0n) is 11.2. The number of halogens is 1. The molecule has 0 spiro atoms. The molecule has 0 aromatic heterocycles. The molecule has 0 amide bonds. The summed E-state index contributed by atoms with van der Waals surface area (Å²) >= 11 is 0. The second-order valence-electron chi connectivity index (χ2n) is 5.45. The zero-order chi connectivity index (χ0) is 13.1. The largest absolute Gasteiger partial charge is 0.378 e. The van der Waals surface area contributed by atoms with E-state index in [-0.39, 0.29) is 12.7 Å². The Labute approximate surface area is 114 Å². The first kappa shape index (κ1) is 13.0. The molecule has 2 aliphatic rings. The Balaban J connectivity index is 1.68. The molecule has 1 aromatic carbocycles. The first-order valence-corrected chi connectivity index (χ1v) is 7.02. The van der Waals surface area contributed by atoms with E-state index >= 15 is 0 Å². The highest BCUT2D eigenvalue weighted by Gasteiger charge is 2.35. The number of piperazine rings is 1. The lowest BCUT2D eigenvalue weighted by molar-refractivity contribution is -0.0692. The fraction of sp³-hybridized carbons (Fsp3) is 0.600. The molecule has 2 aliphatic heterocycles. The molecule has 2 saturated heterocycles. The van der Waals surface area contributed by atoms with E-state index in [1.54, 1.807) is 0 Å².